The van der Waals surface area contributed by atoms with Crippen molar-refractivity contribution in [1.82, 2.24) is 5.32 Å². The summed E-state index contributed by atoms with van der Waals surface area (Å²) < 4.78 is 5.70. The van der Waals surface area contributed by atoms with Crippen LogP contribution in [0.5, 0.6) is 5.75 Å². The number of aliphatic hydroxyl groups excluding tert-OH is 1. The average Bonchev–Trinajstić information content (AvgIpc) is 2.88. The second-order valence-electron chi connectivity index (χ2n) is 10.3. The van der Waals surface area contributed by atoms with Crippen LogP contribution in [-0.2, 0) is 0 Å². The first-order valence-electron chi connectivity index (χ1n) is 13.8. The van der Waals surface area contributed by atoms with Crippen molar-refractivity contribution in [2.45, 2.75) is 73.6 Å². The minimum atomic E-state index is -0.342. The maximum absolute atomic E-state index is 12.9. The SMILES string of the molecule is COc1ccc(C(=O)NC(N)=NCCCO)cc1N(C/C=C(\C)CCC=C(C)C)C/C=C(\C)CCC=C(C)C. The van der Waals surface area contributed by atoms with E-state index in [1.165, 1.54) is 22.3 Å². The van der Waals surface area contributed by atoms with Crippen molar-refractivity contribution in [2.75, 3.05) is 38.3 Å². The van der Waals surface area contributed by atoms with Crippen molar-refractivity contribution in [2.24, 2.45) is 10.7 Å². The molecule has 7 heteroatoms. The van der Waals surface area contributed by atoms with Crippen LogP contribution in [0.25, 0.3) is 0 Å². The monoisotopic (exact) mass is 538 g/mol. The van der Waals surface area contributed by atoms with Gasteiger partial charge in [-0.15, -0.1) is 0 Å². The van der Waals surface area contributed by atoms with Crippen LogP contribution in [0, 0.1) is 0 Å². The van der Waals surface area contributed by atoms with Crippen molar-refractivity contribution in [3.8, 4) is 5.75 Å². The van der Waals surface area contributed by atoms with Gasteiger partial charge in [0.15, 0.2) is 5.96 Å². The lowest BCUT2D eigenvalue weighted by atomic mass is 10.1. The summed E-state index contributed by atoms with van der Waals surface area (Å²) in [4.78, 5) is 19.2. The molecule has 0 saturated heterocycles. The Balaban J connectivity index is 3.25. The first-order valence-corrected chi connectivity index (χ1v) is 13.8. The molecule has 0 fully saturated rings. The van der Waals surface area contributed by atoms with Gasteiger partial charge >= 0.3 is 0 Å². The molecule has 0 aliphatic heterocycles. The molecule has 0 atom stereocenters. The van der Waals surface area contributed by atoms with Gasteiger partial charge in [0.05, 0.1) is 12.8 Å². The van der Waals surface area contributed by atoms with Gasteiger partial charge < -0.3 is 20.5 Å². The maximum atomic E-state index is 12.9. The van der Waals surface area contributed by atoms with Crippen molar-refractivity contribution in [1.29, 1.82) is 0 Å². The predicted molar refractivity (Wildman–Crippen MR) is 166 cm³/mol. The Hall–Kier alpha value is -3.32. The average molecular weight is 539 g/mol. The third-order valence-corrected chi connectivity index (χ3v) is 6.12. The summed E-state index contributed by atoms with van der Waals surface area (Å²) in [7, 11) is 1.64. The Morgan fingerprint density at radius 1 is 0.974 bits per heavy atom. The molecule has 0 unspecified atom stereocenters. The normalized spacial score (nSPS) is 12.2. The van der Waals surface area contributed by atoms with E-state index in [4.69, 9.17) is 15.6 Å². The molecule has 1 aromatic rings. The molecule has 0 aliphatic rings. The summed E-state index contributed by atoms with van der Waals surface area (Å²) in [6.45, 7) is 14.6. The maximum Gasteiger partial charge on any atom is 0.258 e. The molecule has 4 N–H and O–H groups in total. The number of carbonyl (C=O) groups excluding carboxylic acids is 1. The van der Waals surface area contributed by atoms with E-state index in [2.05, 4.69) is 81.1 Å². The summed E-state index contributed by atoms with van der Waals surface area (Å²) in [5, 5.41) is 11.6. The molecule has 0 bridgehead atoms. The van der Waals surface area contributed by atoms with Crippen LogP contribution in [0.1, 0.15) is 84.0 Å². The second kappa shape index (κ2) is 18.9. The minimum absolute atomic E-state index is 0.0220. The van der Waals surface area contributed by atoms with Gasteiger partial charge in [0.2, 0.25) is 0 Å². The molecule has 1 amide bonds. The largest absolute Gasteiger partial charge is 0.495 e. The lowest BCUT2D eigenvalue weighted by Crippen LogP contribution is -2.37. The van der Waals surface area contributed by atoms with Crippen molar-refractivity contribution in [3.05, 3.63) is 70.4 Å². The fourth-order valence-electron chi connectivity index (χ4n) is 3.76. The van der Waals surface area contributed by atoms with E-state index >= 15 is 0 Å². The van der Waals surface area contributed by atoms with Crippen LogP contribution in [0.15, 0.2) is 69.8 Å². The summed E-state index contributed by atoms with van der Waals surface area (Å²) in [6, 6.07) is 5.37. The topological polar surface area (TPSA) is 100 Å². The molecular weight excluding hydrogens is 488 g/mol. The molecule has 1 aromatic carbocycles. The van der Waals surface area contributed by atoms with Gasteiger partial charge in [-0.25, -0.2) is 0 Å². The van der Waals surface area contributed by atoms with Crippen molar-refractivity contribution >= 4 is 17.6 Å². The van der Waals surface area contributed by atoms with E-state index in [1.54, 1.807) is 13.2 Å². The molecule has 0 heterocycles. The Bertz CT molecular complexity index is 1020. The number of nitrogens with one attached hydrogen (secondary N) is 1. The zero-order valence-electron chi connectivity index (χ0n) is 25.1. The number of ether oxygens (including phenoxy) is 1. The van der Waals surface area contributed by atoms with Gasteiger partial charge in [0.1, 0.15) is 5.75 Å². The molecule has 216 valence electrons. The standard InChI is InChI=1S/C32H50N4O3/c1-24(2)11-8-13-26(5)17-20-36(21-18-27(6)14-9-12-25(3)4)29-23-28(15-16-30(29)39-7)31(38)35-32(33)34-19-10-22-37/h11-12,15-18,23,37H,8-10,13-14,19-22H2,1-7H3,(H3,33,34,35,38)/b26-17+,27-18+. The quantitative estimate of drug-likeness (QED) is 0.0990. The number of nitrogens with zero attached hydrogens (tertiary/aromatic N) is 2. The van der Waals surface area contributed by atoms with E-state index < -0.39 is 0 Å². The third kappa shape index (κ3) is 14.4. The third-order valence-electron chi connectivity index (χ3n) is 6.12. The second-order valence-corrected chi connectivity index (χ2v) is 10.3. The van der Waals surface area contributed by atoms with E-state index in [1.807, 2.05) is 12.1 Å². The van der Waals surface area contributed by atoms with Crippen LogP contribution in [0.2, 0.25) is 0 Å². The number of allylic oxidation sites excluding steroid dienone is 6. The van der Waals surface area contributed by atoms with E-state index in [-0.39, 0.29) is 18.5 Å². The fraction of sp³-hybridized carbons (Fsp3) is 0.500. The molecule has 0 spiro atoms. The predicted octanol–water partition coefficient (Wildman–Crippen LogP) is 6.31. The summed E-state index contributed by atoms with van der Waals surface area (Å²) in [5.74, 6) is 0.390. The van der Waals surface area contributed by atoms with Crippen LogP contribution in [0.3, 0.4) is 0 Å². The van der Waals surface area contributed by atoms with E-state index in [9.17, 15) is 4.79 Å². The van der Waals surface area contributed by atoms with E-state index in [0.29, 0.717) is 37.4 Å². The summed E-state index contributed by atoms with van der Waals surface area (Å²) in [5.41, 5.74) is 12.5. The van der Waals surface area contributed by atoms with Gasteiger partial charge in [-0.3, -0.25) is 15.1 Å². The number of aliphatic imine (C=N–C) groups is 1. The number of nitrogens with two attached hydrogens (primary N) is 1. The number of rotatable bonds is 16. The molecule has 1 rings (SSSR count). The first-order chi connectivity index (χ1) is 18.6. The highest BCUT2D eigenvalue weighted by Gasteiger charge is 2.16. The Labute approximate surface area is 236 Å². The number of carbonyl (C=O) groups is 1. The molecule has 0 saturated carbocycles. The number of anilines is 1. The number of benzene rings is 1. The van der Waals surface area contributed by atoms with Crippen molar-refractivity contribution in [3.63, 3.8) is 0 Å². The highest BCUT2D eigenvalue weighted by molar-refractivity contribution is 6.05. The molecule has 39 heavy (non-hydrogen) atoms. The van der Waals surface area contributed by atoms with Crippen LogP contribution >= 0.6 is 0 Å². The molecule has 0 radical (unpaired) electrons. The Morgan fingerprint density at radius 2 is 1.54 bits per heavy atom. The molecular formula is C32H50N4O3. The number of guanidine groups is 1. The number of hydrogen-bond acceptors (Lipinski definition) is 5. The Morgan fingerprint density at radius 3 is 2.03 bits per heavy atom. The highest BCUT2D eigenvalue weighted by Crippen LogP contribution is 2.30. The summed E-state index contributed by atoms with van der Waals surface area (Å²) >= 11 is 0. The zero-order chi connectivity index (χ0) is 29.2. The fourth-order valence-corrected chi connectivity index (χ4v) is 3.76. The highest BCUT2D eigenvalue weighted by atomic mass is 16.5. The van der Waals surface area contributed by atoms with Gasteiger partial charge in [0, 0.05) is 31.8 Å². The lowest BCUT2D eigenvalue weighted by Gasteiger charge is -2.25. The van der Waals surface area contributed by atoms with Gasteiger partial charge in [0.25, 0.3) is 5.91 Å². The van der Waals surface area contributed by atoms with Crippen LogP contribution in [0.4, 0.5) is 5.69 Å². The number of hydrogen-bond donors (Lipinski definition) is 3. The van der Waals surface area contributed by atoms with Crippen molar-refractivity contribution < 1.29 is 14.6 Å². The first kappa shape index (κ1) is 33.7. The number of amides is 1. The number of aliphatic hydroxyl groups is 1. The molecule has 7 nitrogen and oxygen atoms in total. The zero-order valence-corrected chi connectivity index (χ0v) is 25.1. The Kier molecular flexibility index (Phi) is 16.3. The smallest absolute Gasteiger partial charge is 0.258 e. The molecule has 0 aromatic heterocycles. The minimum Gasteiger partial charge on any atom is -0.495 e. The van der Waals surface area contributed by atoms with Gasteiger partial charge in [-0.05, 0) is 91.8 Å². The van der Waals surface area contributed by atoms with Crippen LogP contribution in [-0.4, -0.2) is 50.3 Å². The summed E-state index contributed by atoms with van der Waals surface area (Å²) in [6.07, 6.45) is 13.6. The van der Waals surface area contributed by atoms with Gasteiger partial charge in [-0.1, -0.05) is 46.6 Å². The van der Waals surface area contributed by atoms with Crippen LogP contribution < -0.4 is 20.7 Å². The lowest BCUT2D eigenvalue weighted by molar-refractivity contribution is 0.0976. The number of methoxy groups -OCH3 is 1. The molecule has 0 aliphatic carbocycles. The van der Waals surface area contributed by atoms with Gasteiger partial charge in [-0.2, -0.15) is 0 Å². The van der Waals surface area contributed by atoms with E-state index in [0.717, 1.165) is 31.4 Å².